The van der Waals surface area contributed by atoms with Gasteiger partial charge in [-0.2, -0.15) is 4.98 Å². The molecular weight excluding hydrogens is 335 g/mol. The number of nitrogens with zero attached hydrogens (tertiary/aromatic N) is 3. The Morgan fingerprint density at radius 1 is 1.27 bits per heavy atom. The number of nitrogens with two attached hydrogens (primary N) is 1. The highest BCUT2D eigenvalue weighted by atomic mass is 19.1. The van der Waals surface area contributed by atoms with Gasteiger partial charge in [-0.05, 0) is 56.5 Å². The maximum absolute atomic E-state index is 13.0. The van der Waals surface area contributed by atoms with Gasteiger partial charge in [0.05, 0.1) is 5.92 Å². The number of aromatic nitrogens is 2. The van der Waals surface area contributed by atoms with Crippen LogP contribution in [0.15, 0.2) is 28.8 Å². The van der Waals surface area contributed by atoms with E-state index in [1.807, 2.05) is 4.90 Å². The summed E-state index contributed by atoms with van der Waals surface area (Å²) in [6.45, 7) is 2.07. The summed E-state index contributed by atoms with van der Waals surface area (Å²) < 4.78 is 18.5. The quantitative estimate of drug-likeness (QED) is 0.767. The topological polar surface area (TPSA) is 85.3 Å². The molecule has 1 aromatic heterocycles. The molecule has 1 saturated heterocycles. The molecule has 1 fully saturated rings. The van der Waals surface area contributed by atoms with Crippen molar-refractivity contribution in [3.05, 3.63) is 36.0 Å². The number of amides is 1. The molecule has 2 aromatic rings. The van der Waals surface area contributed by atoms with Gasteiger partial charge in [0, 0.05) is 25.1 Å². The van der Waals surface area contributed by atoms with Gasteiger partial charge in [-0.3, -0.25) is 4.79 Å². The number of carbonyl (C=O) groups is 1. The van der Waals surface area contributed by atoms with Crippen LogP contribution in [0.5, 0.6) is 0 Å². The molecule has 6 nitrogen and oxygen atoms in total. The minimum Gasteiger partial charge on any atom is -0.342 e. The smallest absolute Gasteiger partial charge is 0.231 e. The van der Waals surface area contributed by atoms with Crippen LogP contribution in [0.2, 0.25) is 0 Å². The maximum Gasteiger partial charge on any atom is 0.231 e. The molecule has 2 N–H and O–H groups in total. The summed E-state index contributed by atoms with van der Waals surface area (Å²) in [6.07, 6.45) is 5.24. The molecular formula is C19H25FN4O2. The van der Waals surface area contributed by atoms with Gasteiger partial charge >= 0.3 is 0 Å². The highest BCUT2D eigenvalue weighted by Crippen LogP contribution is 2.28. The molecule has 26 heavy (non-hydrogen) atoms. The SMILES string of the molecule is NCCCCCC(=O)N1CCCC(c2nc(-c3ccc(F)cc3)no2)C1. The van der Waals surface area contributed by atoms with Crippen molar-refractivity contribution in [3.63, 3.8) is 0 Å². The molecule has 1 unspecified atom stereocenters. The van der Waals surface area contributed by atoms with Gasteiger partial charge in [-0.25, -0.2) is 4.39 Å². The minimum absolute atomic E-state index is 0.0541. The number of likely N-dealkylation sites (tertiary alicyclic amines) is 1. The number of carbonyl (C=O) groups excluding carboxylic acids is 1. The Morgan fingerprint density at radius 2 is 2.08 bits per heavy atom. The van der Waals surface area contributed by atoms with Crippen molar-refractivity contribution in [2.45, 2.75) is 44.4 Å². The van der Waals surface area contributed by atoms with Gasteiger partial charge in [-0.15, -0.1) is 0 Å². The zero-order valence-corrected chi connectivity index (χ0v) is 14.9. The number of hydrogen-bond donors (Lipinski definition) is 1. The van der Waals surface area contributed by atoms with Crippen molar-refractivity contribution in [2.24, 2.45) is 5.73 Å². The van der Waals surface area contributed by atoms with E-state index in [2.05, 4.69) is 10.1 Å². The first kappa shape index (κ1) is 18.5. The Kier molecular flexibility index (Phi) is 6.33. The zero-order valence-electron chi connectivity index (χ0n) is 14.9. The number of piperidine rings is 1. The second-order valence-electron chi connectivity index (χ2n) is 6.74. The Bertz CT molecular complexity index is 717. The van der Waals surface area contributed by atoms with Crippen LogP contribution in [0.3, 0.4) is 0 Å². The first-order valence-corrected chi connectivity index (χ1v) is 9.25. The van der Waals surface area contributed by atoms with Crippen LogP contribution in [0.4, 0.5) is 4.39 Å². The van der Waals surface area contributed by atoms with Crippen LogP contribution < -0.4 is 5.73 Å². The van der Waals surface area contributed by atoms with E-state index >= 15 is 0 Å². The van der Waals surface area contributed by atoms with Gasteiger partial charge in [-0.1, -0.05) is 11.6 Å². The molecule has 0 bridgehead atoms. The summed E-state index contributed by atoms with van der Waals surface area (Å²) in [4.78, 5) is 18.8. The molecule has 1 amide bonds. The third-order valence-electron chi connectivity index (χ3n) is 4.76. The Balaban J connectivity index is 1.59. The second kappa shape index (κ2) is 8.89. The van der Waals surface area contributed by atoms with Crippen molar-refractivity contribution >= 4 is 5.91 Å². The lowest BCUT2D eigenvalue weighted by Gasteiger charge is -2.31. The summed E-state index contributed by atoms with van der Waals surface area (Å²) in [6, 6.07) is 6.00. The fourth-order valence-corrected chi connectivity index (χ4v) is 3.28. The van der Waals surface area contributed by atoms with Crippen LogP contribution >= 0.6 is 0 Å². The van der Waals surface area contributed by atoms with Crippen molar-refractivity contribution in [2.75, 3.05) is 19.6 Å². The van der Waals surface area contributed by atoms with Crippen LogP contribution in [0.1, 0.15) is 50.3 Å². The lowest BCUT2D eigenvalue weighted by molar-refractivity contribution is -0.132. The van der Waals surface area contributed by atoms with E-state index in [0.717, 1.165) is 38.6 Å². The predicted octanol–water partition coefficient (Wildman–Crippen LogP) is 3.10. The van der Waals surface area contributed by atoms with Gasteiger partial charge in [0.15, 0.2) is 0 Å². The van der Waals surface area contributed by atoms with E-state index < -0.39 is 0 Å². The molecule has 0 aliphatic carbocycles. The molecule has 1 aromatic carbocycles. The normalized spacial score (nSPS) is 17.5. The molecule has 1 atom stereocenters. The number of rotatable bonds is 7. The molecule has 3 rings (SSSR count). The first-order valence-electron chi connectivity index (χ1n) is 9.25. The fourth-order valence-electron chi connectivity index (χ4n) is 3.28. The molecule has 0 saturated carbocycles. The molecule has 0 radical (unpaired) electrons. The third-order valence-corrected chi connectivity index (χ3v) is 4.76. The summed E-state index contributed by atoms with van der Waals surface area (Å²) in [5.41, 5.74) is 6.20. The third kappa shape index (κ3) is 4.66. The Hall–Kier alpha value is -2.28. The van der Waals surface area contributed by atoms with Crippen LogP contribution in [-0.2, 0) is 4.79 Å². The highest BCUT2D eigenvalue weighted by Gasteiger charge is 2.28. The Labute approximate surface area is 152 Å². The fraction of sp³-hybridized carbons (Fsp3) is 0.526. The standard InChI is InChI=1S/C19H25FN4O2/c20-16-9-7-14(8-10-16)18-22-19(26-23-18)15-5-4-12-24(13-15)17(25)6-2-1-3-11-21/h7-10,15H,1-6,11-13,21H2. The van der Waals surface area contributed by atoms with Crippen molar-refractivity contribution in [1.29, 1.82) is 0 Å². The Morgan fingerprint density at radius 3 is 2.85 bits per heavy atom. The molecule has 2 heterocycles. The first-order chi connectivity index (χ1) is 12.7. The van der Waals surface area contributed by atoms with E-state index in [1.165, 1.54) is 12.1 Å². The zero-order chi connectivity index (χ0) is 18.4. The molecule has 1 aliphatic rings. The number of unbranched alkanes of at least 4 members (excludes halogenated alkanes) is 2. The highest BCUT2D eigenvalue weighted by molar-refractivity contribution is 5.76. The maximum atomic E-state index is 13.0. The van der Waals surface area contributed by atoms with E-state index in [0.29, 0.717) is 36.8 Å². The molecule has 0 spiro atoms. The second-order valence-corrected chi connectivity index (χ2v) is 6.74. The minimum atomic E-state index is -0.301. The van der Waals surface area contributed by atoms with Crippen LogP contribution in [-0.4, -0.2) is 40.6 Å². The van der Waals surface area contributed by atoms with Crippen LogP contribution in [0, 0.1) is 5.82 Å². The van der Waals surface area contributed by atoms with Gasteiger partial charge in [0.2, 0.25) is 17.6 Å². The lowest BCUT2D eigenvalue weighted by atomic mass is 9.97. The van der Waals surface area contributed by atoms with E-state index in [-0.39, 0.29) is 17.6 Å². The monoisotopic (exact) mass is 360 g/mol. The van der Waals surface area contributed by atoms with E-state index in [1.54, 1.807) is 12.1 Å². The van der Waals surface area contributed by atoms with Crippen molar-refractivity contribution in [1.82, 2.24) is 15.0 Å². The van der Waals surface area contributed by atoms with Gasteiger partial charge in [0.1, 0.15) is 5.82 Å². The predicted molar refractivity (Wildman–Crippen MR) is 95.8 cm³/mol. The number of benzene rings is 1. The largest absolute Gasteiger partial charge is 0.342 e. The number of hydrogen-bond acceptors (Lipinski definition) is 5. The van der Waals surface area contributed by atoms with E-state index in [9.17, 15) is 9.18 Å². The van der Waals surface area contributed by atoms with Crippen molar-refractivity contribution in [3.8, 4) is 11.4 Å². The summed E-state index contributed by atoms with van der Waals surface area (Å²) in [7, 11) is 0. The number of halogens is 1. The summed E-state index contributed by atoms with van der Waals surface area (Å²) in [5, 5.41) is 4.01. The molecule has 140 valence electrons. The average molecular weight is 360 g/mol. The van der Waals surface area contributed by atoms with E-state index in [4.69, 9.17) is 10.3 Å². The summed E-state index contributed by atoms with van der Waals surface area (Å²) in [5.74, 6) is 0.934. The molecule has 7 heteroatoms. The van der Waals surface area contributed by atoms with Gasteiger partial charge < -0.3 is 15.2 Å². The van der Waals surface area contributed by atoms with Gasteiger partial charge in [0.25, 0.3) is 0 Å². The summed E-state index contributed by atoms with van der Waals surface area (Å²) >= 11 is 0. The lowest BCUT2D eigenvalue weighted by Crippen LogP contribution is -2.39. The molecule has 1 aliphatic heterocycles. The van der Waals surface area contributed by atoms with Crippen molar-refractivity contribution < 1.29 is 13.7 Å². The average Bonchev–Trinajstić information content (AvgIpc) is 3.16. The van der Waals surface area contributed by atoms with Crippen LogP contribution in [0.25, 0.3) is 11.4 Å².